The fraction of sp³-hybridized carbons (Fsp3) is 0.0952. The van der Waals surface area contributed by atoms with Crippen molar-refractivity contribution in [2.45, 2.75) is 12.5 Å². The molecule has 0 spiro atoms. The molecule has 0 bridgehead atoms. The minimum atomic E-state index is -0.287. The number of rotatable bonds is 3. The smallest absolute Gasteiger partial charge is 0.123 e. The molecule has 130 valence electrons. The Labute approximate surface area is 155 Å². The van der Waals surface area contributed by atoms with Gasteiger partial charge in [-0.3, -0.25) is 5.01 Å². The number of benzene rings is 3. The first kappa shape index (κ1) is 16.7. The summed E-state index contributed by atoms with van der Waals surface area (Å²) in [5.41, 5.74) is 3.40. The summed E-state index contributed by atoms with van der Waals surface area (Å²) < 4.78 is 26.6. The minimum Gasteiger partial charge on any atom is -0.256 e. The monoisotopic (exact) mass is 368 g/mol. The fourth-order valence-electron chi connectivity index (χ4n) is 3.13. The Balaban J connectivity index is 1.77. The van der Waals surface area contributed by atoms with E-state index >= 15 is 0 Å². The second-order valence-electron chi connectivity index (χ2n) is 6.12. The lowest BCUT2D eigenvalue weighted by atomic mass is 9.98. The molecule has 3 aromatic rings. The fourth-order valence-corrected chi connectivity index (χ4v) is 3.35. The zero-order valence-electron chi connectivity index (χ0n) is 13.7. The maximum atomic E-state index is 13.3. The number of para-hydroxylation sites is 1. The Morgan fingerprint density at radius 2 is 1.46 bits per heavy atom. The molecule has 0 N–H and O–H groups in total. The number of hydrogen-bond acceptors (Lipinski definition) is 2. The van der Waals surface area contributed by atoms with Crippen LogP contribution in [0.25, 0.3) is 0 Å². The Hall–Kier alpha value is -2.72. The molecule has 0 unspecified atom stereocenters. The predicted octanol–water partition coefficient (Wildman–Crippen LogP) is 5.97. The van der Waals surface area contributed by atoms with E-state index in [9.17, 15) is 8.78 Å². The topological polar surface area (TPSA) is 15.6 Å². The minimum absolute atomic E-state index is 0.115. The highest BCUT2D eigenvalue weighted by Gasteiger charge is 2.30. The summed E-state index contributed by atoms with van der Waals surface area (Å²) in [4.78, 5) is 0. The van der Waals surface area contributed by atoms with Crippen LogP contribution in [0.1, 0.15) is 23.6 Å². The molecule has 26 heavy (non-hydrogen) atoms. The molecular weight excluding hydrogens is 354 g/mol. The quantitative estimate of drug-likeness (QED) is 0.555. The molecule has 1 heterocycles. The van der Waals surface area contributed by atoms with Crippen LogP contribution in [0, 0.1) is 11.6 Å². The maximum absolute atomic E-state index is 13.3. The number of halogens is 3. The molecular formula is C21H15ClF2N2. The first-order valence-electron chi connectivity index (χ1n) is 8.24. The van der Waals surface area contributed by atoms with Gasteiger partial charge in [-0.2, -0.15) is 5.10 Å². The van der Waals surface area contributed by atoms with Gasteiger partial charge in [0, 0.05) is 6.42 Å². The highest BCUT2D eigenvalue weighted by atomic mass is 35.5. The van der Waals surface area contributed by atoms with Crippen molar-refractivity contribution in [2.75, 3.05) is 5.01 Å². The lowest BCUT2D eigenvalue weighted by Gasteiger charge is -2.24. The van der Waals surface area contributed by atoms with Crippen molar-refractivity contribution in [3.05, 3.63) is 101 Å². The van der Waals surface area contributed by atoms with Crippen molar-refractivity contribution in [1.82, 2.24) is 0 Å². The van der Waals surface area contributed by atoms with Crippen LogP contribution in [0.3, 0.4) is 0 Å². The number of hydrogen-bond donors (Lipinski definition) is 0. The van der Waals surface area contributed by atoms with Crippen LogP contribution in [-0.4, -0.2) is 5.71 Å². The first-order chi connectivity index (χ1) is 12.6. The van der Waals surface area contributed by atoms with Crippen LogP contribution >= 0.6 is 11.6 Å². The Morgan fingerprint density at radius 3 is 2.12 bits per heavy atom. The molecule has 0 saturated heterocycles. The van der Waals surface area contributed by atoms with Crippen molar-refractivity contribution in [1.29, 1.82) is 0 Å². The molecule has 0 aliphatic carbocycles. The summed E-state index contributed by atoms with van der Waals surface area (Å²) in [5, 5.41) is 7.19. The van der Waals surface area contributed by atoms with Crippen molar-refractivity contribution < 1.29 is 8.78 Å². The third-order valence-electron chi connectivity index (χ3n) is 4.44. The summed E-state index contributed by atoms with van der Waals surface area (Å²) in [7, 11) is 0. The molecule has 1 atom stereocenters. The van der Waals surface area contributed by atoms with Gasteiger partial charge in [-0.15, -0.1) is 0 Å². The van der Waals surface area contributed by atoms with Crippen LogP contribution in [0.5, 0.6) is 0 Å². The molecule has 0 amide bonds. The van der Waals surface area contributed by atoms with Gasteiger partial charge in [-0.1, -0.05) is 48.0 Å². The molecule has 0 aromatic heterocycles. The van der Waals surface area contributed by atoms with Crippen molar-refractivity contribution in [2.24, 2.45) is 5.10 Å². The van der Waals surface area contributed by atoms with Crippen LogP contribution in [0.4, 0.5) is 14.5 Å². The Kier molecular flexibility index (Phi) is 4.43. The molecule has 3 aromatic carbocycles. The first-order valence-corrected chi connectivity index (χ1v) is 8.62. The number of anilines is 1. The highest BCUT2D eigenvalue weighted by Crippen LogP contribution is 2.39. The Bertz CT molecular complexity index is 953. The summed E-state index contributed by atoms with van der Waals surface area (Å²) >= 11 is 6.38. The van der Waals surface area contributed by atoms with E-state index in [-0.39, 0.29) is 17.7 Å². The number of hydrazone groups is 1. The summed E-state index contributed by atoms with van der Waals surface area (Å²) in [6.45, 7) is 0. The van der Waals surface area contributed by atoms with Crippen LogP contribution in [-0.2, 0) is 0 Å². The zero-order valence-corrected chi connectivity index (χ0v) is 14.5. The molecule has 0 fully saturated rings. The lowest BCUT2D eigenvalue weighted by molar-refractivity contribution is 0.624. The van der Waals surface area contributed by atoms with Crippen LogP contribution < -0.4 is 5.01 Å². The average molecular weight is 369 g/mol. The third-order valence-corrected chi connectivity index (χ3v) is 4.76. The highest BCUT2D eigenvalue weighted by molar-refractivity contribution is 6.33. The van der Waals surface area contributed by atoms with E-state index in [0.717, 1.165) is 22.5 Å². The van der Waals surface area contributed by atoms with Gasteiger partial charge in [0.1, 0.15) is 11.6 Å². The molecule has 1 aliphatic rings. The number of nitrogens with zero attached hydrogens (tertiary/aromatic N) is 2. The standard InChI is InChI=1S/C21H15ClF2N2/c22-18-3-1-2-4-20(18)26-21(15-7-11-17(24)12-8-15)13-19(25-26)14-5-9-16(23)10-6-14/h1-12,21H,13H2/t21-/m0/s1. The van der Waals surface area contributed by atoms with E-state index in [1.54, 1.807) is 24.3 Å². The molecule has 0 radical (unpaired) electrons. The molecule has 2 nitrogen and oxygen atoms in total. The average Bonchev–Trinajstić information content (AvgIpc) is 3.08. The van der Waals surface area contributed by atoms with Crippen molar-refractivity contribution in [3.63, 3.8) is 0 Å². The van der Waals surface area contributed by atoms with E-state index in [1.807, 2.05) is 29.3 Å². The van der Waals surface area contributed by atoms with Gasteiger partial charge < -0.3 is 0 Å². The predicted molar refractivity (Wildman–Crippen MR) is 101 cm³/mol. The van der Waals surface area contributed by atoms with Gasteiger partial charge in [-0.25, -0.2) is 8.78 Å². The largest absolute Gasteiger partial charge is 0.256 e. The van der Waals surface area contributed by atoms with Gasteiger partial charge in [-0.05, 0) is 47.5 Å². The molecule has 1 aliphatic heterocycles. The van der Waals surface area contributed by atoms with Gasteiger partial charge >= 0.3 is 0 Å². The van der Waals surface area contributed by atoms with Crippen molar-refractivity contribution >= 4 is 23.0 Å². The molecule has 5 heteroatoms. The van der Waals surface area contributed by atoms with Crippen LogP contribution in [0.15, 0.2) is 77.9 Å². The maximum Gasteiger partial charge on any atom is 0.123 e. The SMILES string of the molecule is Fc1ccc(C2=NN(c3ccccc3Cl)[C@H](c3ccc(F)cc3)C2)cc1. The van der Waals surface area contributed by atoms with Crippen LogP contribution in [0.2, 0.25) is 5.02 Å². The second kappa shape index (κ2) is 6.89. The van der Waals surface area contributed by atoms with E-state index in [2.05, 4.69) is 0 Å². The van der Waals surface area contributed by atoms with Crippen molar-refractivity contribution in [3.8, 4) is 0 Å². The van der Waals surface area contributed by atoms with Gasteiger partial charge in [0.25, 0.3) is 0 Å². The van der Waals surface area contributed by atoms with Gasteiger partial charge in [0.05, 0.1) is 22.5 Å². The Morgan fingerprint density at radius 1 is 0.846 bits per heavy atom. The van der Waals surface area contributed by atoms with E-state index in [0.29, 0.717) is 11.4 Å². The van der Waals surface area contributed by atoms with E-state index in [4.69, 9.17) is 16.7 Å². The van der Waals surface area contributed by atoms with E-state index < -0.39 is 0 Å². The summed E-state index contributed by atoms with van der Waals surface area (Å²) in [6, 6.07) is 20.0. The lowest BCUT2D eigenvalue weighted by Crippen LogP contribution is -2.18. The molecule has 4 rings (SSSR count). The van der Waals surface area contributed by atoms with Gasteiger partial charge in [0.15, 0.2) is 0 Å². The normalized spacial score (nSPS) is 16.7. The second-order valence-corrected chi connectivity index (χ2v) is 6.53. The zero-order chi connectivity index (χ0) is 18.1. The summed E-state index contributed by atoms with van der Waals surface area (Å²) in [6.07, 6.45) is 0.614. The molecule has 0 saturated carbocycles. The van der Waals surface area contributed by atoms with E-state index in [1.165, 1.54) is 24.3 Å². The summed E-state index contributed by atoms with van der Waals surface area (Å²) in [5.74, 6) is -0.568. The van der Waals surface area contributed by atoms with Gasteiger partial charge in [0.2, 0.25) is 0 Å². The third kappa shape index (κ3) is 3.20.